The van der Waals surface area contributed by atoms with E-state index in [0.29, 0.717) is 12.2 Å². The Kier molecular flexibility index (Phi) is 8.91. The third-order valence-electron chi connectivity index (χ3n) is 9.79. The number of allylic oxidation sites excluding steroid dienone is 1. The van der Waals surface area contributed by atoms with Gasteiger partial charge >= 0.3 is 0 Å². The Hall–Kier alpha value is -3.35. The molecule has 5 nitrogen and oxygen atoms in total. The third-order valence-corrected chi connectivity index (χ3v) is 14.3. The highest BCUT2D eigenvalue weighted by atomic mass is 28.4. The van der Waals surface area contributed by atoms with Crippen molar-refractivity contribution in [1.82, 2.24) is 4.90 Å². The molecule has 0 aromatic heterocycles. The van der Waals surface area contributed by atoms with Crippen molar-refractivity contribution in [2.24, 2.45) is 5.41 Å². The zero-order valence-corrected chi connectivity index (χ0v) is 27.7. The molecule has 0 amide bonds. The normalized spacial score (nSPS) is 17.2. The van der Waals surface area contributed by atoms with Crippen molar-refractivity contribution in [2.75, 3.05) is 20.8 Å². The maximum atomic E-state index is 13.5. The van der Waals surface area contributed by atoms with E-state index in [1.165, 1.54) is 11.1 Å². The third kappa shape index (κ3) is 6.18. The van der Waals surface area contributed by atoms with Gasteiger partial charge in [0.15, 0.2) is 17.3 Å². The number of carbonyl (C=O) groups excluding carboxylic acids is 1. The summed E-state index contributed by atoms with van der Waals surface area (Å²) in [6, 6.07) is 24.7. The van der Waals surface area contributed by atoms with Gasteiger partial charge in [-0.1, -0.05) is 94.8 Å². The van der Waals surface area contributed by atoms with Crippen LogP contribution in [0.5, 0.6) is 11.5 Å². The van der Waals surface area contributed by atoms with Crippen LogP contribution in [0.4, 0.5) is 0 Å². The summed E-state index contributed by atoms with van der Waals surface area (Å²) in [7, 11) is 0.290. The van der Waals surface area contributed by atoms with E-state index in [0.717, 1.165) is 60.3 Å². The Labute approximate surface area is 258 Å². The first kappa shape index (κ1) is 31.1. The second-order valence-electron chi connectivity index (χ2n) is 13.7. The monoisotopic (exact) mass is 597 g/mol. The highest BCUT2D eigenvalue weighted by molar-refractivity contribution is 6.98. The second kappa shape index (κ2) is 12.3. The quantitative estimate of drug-likeness (QED) is 0.253. The molecule has 5 rings (SSSR count). The van der Waals surface area contributed by atoms with E-state index < -0.39 is 8.32 Å². The van der Waals surface area contributed by atoms with Crippen molar-refractivity contribution in [3.8, 4) is 11.5 Å². The van der Waals surface area contributed by atoms with Crippen LogP contribution in [-0.4, -0.2) is 44.6 Å². The van der Waals surface area contributed by atoms with Crippen molar-refractivity contribution in [3.05, 3.63) is 95.7 Å². The number of ketones is 1. The fraction of sp³-hybridized carbons (Fsp3) is 0.432. The molecule has 1 atom stereocenters. The number of hydrogen-bond acceptors (Lipinski definition) is 5. The Bertz CT molecular complexity index is 1430. The van der Waals surface area contributed by atoms with Gasteiger partial charge < -0.3 is 19.2 Å². The Balaban J connectivity index is 1.28. The zero-order valence-electron chi connectivity index (χ0n) is 26.7. The van der Waals surface area contributed by atoms with Crippen LogP contribution in [0.1, 0.15) is 77.0 Å². The van der Waals surface area contributed by atoms with Crippen LogP contribution < -0.4 is 19.8 Å². The van der Waals surface area contributed by atoms with Crippen molar-refractivity contribution >= 4 is 24.5 Å². The Morgan fingerprint density at radius 1 is 0.884 bits per heavy atom. The van der Waals surface area contributed by atoms with E-state index in [9.17, 15) is 9.59 Å². The molecule has 0 unspecified atom stereocenters. The highest BCUT2D eigenvalue weighted by Gasteiger charge is 2.49. The average molecular weight is 598 g/mol. The van der Waals surface area contributed by atoms with Gasteiger partial charge in [0, 0.05) is 24.7 Å². The fourth-order valence-corrected chi connectivity index (χ4v) is 11.0. The summed E-state index contributed by atoms with van der Waals surface area (Å²) >= 11 is 0. The number of fused-ring (bicyclic) bond motifs is 3. The molecule has 0 spiro atoms. The van der Waals surface area contributed by atoms with E-state index in [1.54, 1.807) is 14.2 Å². The first-order valence-electron chi connectivity index (χ1n) is 15.6. The lowest BCUT2D eigenvalue weighted by atomic mass is 9.77. The molecule has 228 valence electrons. The molecule has 0 bridgehead atoms. The van der Waals surface area contributed by atoms with Crippen LogP contribution in [-0.2, 0) is 11.2 Å². The lowest BCUT2D eigenvalue weighted by Gasteiger charge is -2.42. The minimum atomic E-state index is -3.03. The summed E-state index contributed by atoms with van der Waals surface area (Å²) in [5.41, 5.74) is 3.31. The number of benzene rings is 3. The summed E-state index contributed by atoms with van der Waals surface area (Å²) in [6.45, 7) is 9.92. The molecule has 2 heterocycles. The number of hydrogen-bond donors (Lipinski definition) is 1. The molecular formula is C37H47NO4Si. The largest absolute Gasteiger partial charge is 0.493 e. The van der Waals surface area contributed by atoms with E-state index in [1.807, 2.05) is 36.4 Å². The minimum absolute atomic E-state index is 0.0339. The van der Waals surface area contributed by atoms with Crippen LogP contribution in [0.2, 0.25) is 5.04 Å². The van der Waals surface area contributed by atoms with Crippen molar-refractivity contribution < 1.29 is 19.1 Å². The van der Waals surface area contributed by atoms with E-state index >= 15 is 0 Å². The van der Waals surface area contributed by atoms with Gasteiger partial charge in [-0.15, -0.1) is 0 Å². The van der Waals surface area contributed by atoms with Gasteiger partial charge in [0.05, 0.1) is 20.3 Å². The van der Waals surface area contributed by atoms with Gasteiger partial charge in [-0.3, -0.25) is 4.79 Å². The molecule has 0 saturated heterocycles. The molecule has 1 N–H and O–H groups in total. The SMILES string of the molecule is COc1cc2c(cc1OC)[C@H]1CC(=O)C(CC(C)(C)CCCC(C)(C)[Si](O)(c3ccccc3)c3ccccc3)=CN1CC2. The molecule has 3 aromatic carbocycles. The van der Waals surface area contributed by atoms with Crippen molar-refractivity contribution in [2.45, 2.75) is 77.3 Å². The molecule has 0 radical (unpaired) electrons. The summed E-state index contributed by atoms with van der Waals surface area (Å²) in [4.78, 5) is 28.4. The van der Waals surface area contributed by atoms with Crippen LogP contribution in [0.15, 0.2) is 84.6 Å². The molecule has 6 heteroatoms. The Morgan fingerprint density at radius 3 is 2.05 bits per heavy atom. The molecule has 0 aliphatic carbocycles. The molecule has 2 aliphatic heterocycles. The molecule has 3 aromatic rings. The van der Waals surface area contributed by atoms with Gasteiger partial charge in [0.25, 0.3) is 8.32 Å². The predicted octanol–water partition coefficient (Wildman–Crippen LogP) is 6.58. The van der Waals surface area contributed by atoms with Gasteiger partial charge in [-0.2, -0.15) is 0 Å². The number of nitrogens with zero attached hydrogens (tertiary/aromatic N) is 1. The van der Waals surface area contributed by atoms with Crippen molar-refractivity contribution in [3.63, 3.8) is 0 Å². The summed E-state index contributed by atoms with van der Waals surface area (Å²) < 4.78 is 11.1. The maximum absolute atomic E-state index is 13.5. The molecular weight excluding hydrogens is 550 g/mol. The van der Waals surface area contributed by atoms with E-state index in [4.69, 9.17) is 9.47 Å². The molecule has 0 fully saturated rings. The van der Waals surface area contributed by atoms with E-state index in [2.05, 4.69) is 75.2 Å². The lowest BCUT2D eigenvalue weighted by molar-refractivity contribution is -0.118. The smallest absolute Gasteiger partial charge is 0.258 e. The summed E-state index contributed by atoms with van der Waals surface area (Å²) in [5.74, 6) is 1.70. The number of methoxy groups -OCH3 is 2. The van der Waals surface area contributed by atoms with E-state index in [-0.39, 0.29) is 22.3 Å². The molecule has 43 heavy (non-hydrogen) atoms. The number of ether oxygens (including phenoxy) is 2. The topological polar surface area (TPSA) is 59.0 Å². The molecule has 0 saturated carbocycles. The minimum Gasteiger partial charge on any atom is -0.493 e. The van der Waals surface area contributed by atoms with Gasteiger partial charge in [0.1, 0.15) is 0 Å². The number of Topliss-reactive ketones (excluding diaryl/α,β-unsaturated/α-hetero) is 1. The van der Waals surface area contributed by atoms with Crippen LogP contribution in [0.25, 0.3) is 0 Å². The predicted molar refractivity (Wildman–Crippen MR) is 177 cm³/mol. The number of carbonyl (C=O) groups is 1. The molecule has 2 aliphatic rings. The van der Waals surface area contributed by atoms with Crippen LogP contribution >= 0.6 is 0 Å². The Morgan fingerprint density at radius 2 is 1.47 bits per heavy atom. The van der Waals surface area contributed by atoms with Gasteiger partial charge in [0.2, 0.25) is 0 Å². The lowest BCUT2D eigenvalue weighted by Crippen LogP contribution is -2.65. The number of rotatable bonds is 11. The first-order valence-corrected chi connectivity index (χ1v) is 17.5. The average Bonchev–Trinajstić information content (AvgIpc) is 3.00. The van der Waals surface area contributed by atoms with Crippen LogP contribution in [0.3, 0.4) is 0 Å². The van der Waals surface area contributed by atoms with Gasteiger partial charge in [-0.05, 0) is 69.8 Å². The van der Waals surface area contributed by atoms with Crippen molar-refractivity contribution in [1.29, 1.82) is 0 Å². The van der Waals surface area contributed by atoms with Crippen LogP contribution in [0, 0.1) is 5.41 Å². The summed E-state index contributed by atoms with van der Waals surface area (Å²) in [6.07, 6.45) is 7.18. The zero-order chi connectivity index (χ0) is 30.8. The van der Waals surface area contributed by atoms with Gasteiger partial charge in [-0.25, -0.2) is 0 Å². The highest BCUT2D eigenvalue weighted by Crippen LogP contribution is 2.45. The standard InChI is InChI=1S/C37H47NO4Si/c1-36(2,19-13-20-37(3,4)43(40,29-14-9-7-10-15-29)30-16-11-8-12-17-30)25-28-26-38-21-18-27-22-34(41-5)35(42-6)23-31(27)32(38)24-33(28)39/h7-12,14-17,22-23,26,32,40H,13,18-21,24-25H2,1-6H3/t32-/m1/s1. The fourth-order valence-electron chi connectivity index (χ4n) is 7.25. The summed E-state index contributed by atoms with van der Waals surface area (Å²) in [5, 5.41) is 1.83. The maximum Gasteiger partial charge on any atom is 0.258 e. The first-order chi connectivity index (χ1) is 20.5. The second-order valence-corrected chi connectivity index (χ2v) is 17.6.